The minimum absolute atomic E-state index is 0.000935. The van der Waals surface area contributed by atoms with Crippen molar-refractivity contribution in [3.8, 4) is 0 Å². The Bertz CT molecular complexity index is 732. The van der Waals surface area contributed by atoms with Crippen LogP contribution in [-0.4, -0.2) is 23.4 Å². The third-order valence-electron chi connectivity index (χ3n) is 3.56. The van der Waals surface area contributed by atoms with Crippen molar-refractivity contribution in [1.29, 1.82) is 0 Å². The van der Waals surface area contributed by atoms with Crippen molar-refractivity contribution in [3.05, 3.63) is 61.6 Å². The summed E-state index contributed by atoms with van der Waals surface area (Å²) in [4.78, 5) is 22.7. The van der Waals surface area contributed by atoms with E-state index in [1.54, 1.807) is 32.2 Å². The van der Waals surface area contributed by atoms with E-state index in [1.807, 2.05) is 6.92 Å². The fourth-order valence-corrected chi connectivity index (χ4v) is 2.45. The maximum Gasteiger partial charge on any atom is 0.361 e. The summed E-state index contributed by atoms with van der Waals surface area (Å²) in [5.41, 5.74) is 1.10. The second-order valence-electron chi connectivity index (χ2n) is 5.14. The molecule has 0 aliphatic carbocycles. The number of hydrogen-bond acceptors (Lipinski definition) is 5. The zero-order valence-electron chi connectivity index (χ0n) is 12.7. The molecular formula is C15H18N2O5. The molecular weight excluding hydrogens is 288 g/mol. The van der Waals surface area contributed by atoms with Crippen LogP contribution < -0.4 is 5.63 Å². The molecule has 0 amide bonds. The number of methoxy groups -OCH3 is 1. The smallest absolute Gasteiger partial charge is 0.361 e. The van der Waals surface area contributed by atoms with E-state index in [9.17, 15) is 14.9 Å². The first-order valence-electron chi connectivity index (χ1n) is 6.88. The van der Waals surface area contributed by atoms with Crippen LogP contribution in [0, 0.1) is 17.0 Å². The molecule has 0 saturated carbocycles. The number of nitro groups is 1. The Hall–Kier alpha value is -2.41. The zero-order valence-corrected chi connectivity index (χ0v) is 12.7. The topological polar surface area (TPSA) is 87.5 Å². The van der Waals surface area contributed by atoms with E-state index in [-0.39, 0.29) is 18.2 Å². The van der Waals surface area contributed by atoms with E-state index in [0.717, 1.165) is 0 Å². The maximum absolute atomic E-state index is 12.1. The van der Waals surface area contributed by atoms with Crippen molar-refractivity contribution in [3.63, 3.8) is 0 Å². The van der Waals surface area contributed by atoms with Crippen molar-refractivity contribution in [2.75, 3.05) is 13.7 Å². The molecule has 2 rings (SSSR count). The Morgan fingerprint density at radius 2 is 2.09 bits per heavy atom. The third-order valence-corrected chi connectivity index (χ3v) is 3.56. The lowest BCUT2D eigenvalue weighted by atomic mass is 10.0. The minimum atomic E-state index is -0.474. The molecule has 1 aromatic carbocycles. The lowest BCUT2D eigenvalue weighted by Crippen LogP contribution is -2.11. The van der Waals surface area contributed by atoms with Gasteiger partial charge >= 0.3 is 5.63 Å². The number of aromatic nitrogens is 1. The maximum atomic E-state index is 12.1. The number of nitro benzene ring substituents is 1. The highest BCUT2D eigenvalue weighted by Gasteiger charge is 2.21. The highest BCUT2D eigenvalue weighted by molar-refractivity contribution is 5.43. The summed E-state index contributed by atoms with van der Waals surface area (Å²) in [6.07, 6.45) is 0.165. The quantitative estimate of drug-likeness (QED) is 0.604. The second-order valence-corrected chi connectivity index (χ2v) is 5.14. The van der Waals surface area contributed by atoms with Crippen LogP contribution in [0.1, 0.15) is 29.8 Å². The second kappa shape index (κ2) is 6.57. The minimum Gasteiger partial charge on any atom is -0.382 e. The lowest BCUT2D eigenvalue weighted by Gasteiger charge is -2.12. The van der Waals surface area contributed by atoms with E-state index in [1.165, 1.54) is 10.8 Å². The average Bonchev–Trinajstić information content (AvgIpc) is 2.76. The average molecular weight is 306 g/mol. The van der Waals surface area contributed by atoms with E-state index < -0.39 is 10.5 Å². The molecule has 0 radical (unpaired) electrons. The highest BCUT2D eigenvalue weighted by Crippen LogP contribution is 2.22. The number of rotatable bonds is 6. The summed E-state index contributed by atoms with van der Waals surface area (Å²) in [7, 11) is 1.57. The Labute approximate surface area is 127 Å². The molecule has 0 fully saturated rings. The Balaban J connectivity index is 2.39. The van der Waals surface area contributed by atoms with Crippen LogP contribution in [0.5, 0.6) is 0 Å². The molecule has 118 valence electrons. The van der Waals surface area contributed by atoms with E-state index in [0.29, 0.717) is 23.4 Å². The Morgan fingerprint density at radius 3 is 2.73 bits per heavy atom. The predicted octanol–water partition coefficient (Wildman–Crippen LogP) is 2.46. The largest absolute Gasteiger partial charge is 0.382 e. The SMILES string of the molecule is COCC(C)n1oc(=O)c(Cc2ccccc2[N+](=O)[O-])c1C. The van der Waals surface area contributed by atoms with Gasteiger partial charge < -0.3 is 9.26 Å². The molecule has 7 heteroatoms. The van der Waals surface area contributed by atoms with Crippen LogP contribution in [0.25, 0.3) is 0 Å². The molecule has 22 heavy (non-hydrogen) atoms. The van der Waals surface area contributed by atoms with Gasteiger partial charge in [-0.05, 0) is 13.8 Å². The summed E-state index contributed by atoms with van der Waals surface area (Å²) < 4.78 is 11.8. The first kappa shape index (κ1) is 16.0. The summed E-state index contributed by atoms with van der Waals surface area (Å²) >= 11 is 0. The van der Waals surface area contributed by atoms with Gasteiger partial charge in [-0.3, -0.25) is 10.1 Å². The van der Waals surface area contributed by atoms with Gasteiger partial charge in [0.25, 0.3) is 5.69 Å². The summed E-state index contributed by atoms with van der Waals surface area (Å²) in [6, 6.07) is 6.26. The fourth-order valence-electron chi connectivity index (χ4n) is 2.45. The van der Waals surface area contributed by atoms with Crippen molar-refractivity contribution in [1.82, 2.24) is 4.74 Å². The molecule has 0 aliphatic rings. The van der Waals surface area contributed by atoms with Gasteiger partial charge in [-0.15, -0.1) is 0 Å². The van der Waals surface area contributed by atoms with E-state index in [4.69, 9.17) is 9.26 Å². The number of hydrogen-bond donors (Lipinski definition) is 0. The third kappa shape index (κ3) is 3.09. The van der Waals surface area contributed by atoms with Gasteiger partial charge in [-0.1, -0.05) is 18.2 Å². The van der Waals surface area contributed by atoms with Crippen molar-refractivity contribution < 1.29 is 14.2 Å². The standard InChI is InChI=1S/C15H18N2O5/c1-10(9-21-3)16-11(2)13(15(18)22-16)8-12-6-4-5-7-14(12)17(19)20/h4-7,10H,8-9H2,1-3H3. The van der Waals surface area contributed by atoms with Crippen molar-refractivity contribution >= 4 is 5.69 Å². The molecule has 2 aromatic rings. The molecule has 1 unspecified atom stereocenters. The summed E-state index contributed by atoms with van der Waals surface area (Å²) in [6.45, 7) is 4.04. The first-order chi connectivity index (χ1) is 10.5. The highest BCUT2D eigenvalue weighted by atomic mass is 16.6. The Kier molecular flexibility index (Phi) is 4.77. The Morgan fingerprint density at radius 1 is 1.41 bits per heavy atom. The molecule has 0 aliphatic heterocycles. The van der Waals surface area contributed by atoms with E-state index in [2.05, 4.69) is 0 Å². The van der Waals surface area contributed by atoms with Gasteiger partial charge in [-0.2, -0.15) is 0 Å². The van der Waals surface area contributed by atoms with Crippen LogP contribution >= 0.6 is 0 Å². The van der Waals surface area contributed by atoms with Crippen LogP contribution in [0.15, 0.2) is 33.6 Å². The van der Waals surface area contributed by atoms with Crippen molar-refractivity contribution in [2.45, 2.75) is 26.3 Å². The molecule has 0 saturated heterocycles. The molecule has 1 atom stereocenters. The lowest BCUT2D eigenvalue weighted by molar-refractivity contribution is -0.385. The van der Waals surface area contributed by atoms with Gasteiger partial charge in [0.15, 0.2) is 0 Å². The molecule has 1 aromatic heterocycles. The normalized spacial score (nSPS) is 12.3. The van der Waals surface area contributed by atoms with Crippen LogP contribution in [0.4, 0.5) is 5.69 Å². The van der Waals surface area contributed by atoms with Gasteiger partial charge in [0.1, 0.15) is 0 Å². The summed E-state index contributed by atoms with van der Waals surface area (Å²) in [5.74, 6) is 0. The van der Waals surface area contributed by atoms with E-state index >= 15 is 0 Å². The molecule has 7 nitrogen and oxygen atoms in total. The zero-order chi connectivity index (χ0) is 16.3. The molecule has 0 spiro atoms. The van der Waals surface area contributed by atoms with Crippen LogP contribution in [0.2, 0.25) is 0 Å². The monoisotopic (exact) mass is 306 g/mol. The van der Waals surface area contributed by atoms with Gasteiger partial charge in [0.05, 0.1) is 28.8 Å². The number of para-hydroxylation sites is 1. The number of nitrogens with zero attached hydrogens (tertiary/aromatic N) is 2. The van der Waals surface area contributed by atoms with Gasteiger partial charge in [-0.25, -0.2) is 9.53 Å². The van der Waals surface area contributed by atoms with Gasteiger partial charge in [0.2, 0.25) is 0 Å². The summed E-state index contributed by atoms with van der Waals surface area (Å²) in [5, 5.41) is 11.1. The predicted molar refractivity (Wildman–Crippen MR) is 80.2 cm³/mol. The molecule has 0 bridgehead atoms. The number of ether oxygens (including phenoxy) is 1. The first-order valence-corrected chi connectivity index (χ1v) is 6.88. The number of benzene rings is 1. The van der Waals surface area contributed by atoms with Crippen molar-refractivity contribution in [2.24, 2.45) is 0 Å². The van der Waals surface area contributed by atoms with Crippen LogP contribution in [0.3, 0.4) is 0 Å². The molecule has 0 N–H and O–H groups in total. The fraction of sp³-hybridized carbons (Fsp3) is 0.400. The van der Waals surface area contributed by atoms with Gasteiger partial charge in [0, 0.05) is 25.2 Å². The molecule has 1 heterocycles. The van der Waals surface area contributed by atoms with Crippen LogP contribution in [-0.2, 0) is 11.2 Å².